The fourth-order valence-electron chi connectivity index (χ4n) is 3.63. The lowest BCUT2D eigenvalue weighted by Gasteiger charge is -2.29. The van der Waals surface area contributed by atoms with E-state index >= 15 is 0 Å². The number of amides is 1. The summed E-state index contributed by atoms with van der Waals surface area (Å²) in [6.45, 7) is 7.17. The molecule has 5 heteroatoms. The number of ether oxygens (including phenoxy) is 3. The monoisotopic (exact) mass is 443 g/mol. The number of anilines is 1. The molecule has 3 aromatic carbocycles. The normalized spacial score (nSPS) is 13.5. The number of nitrogens with zero attached hydrogens (tertiary/aromatic N) is 1. The highest BCUT2D eigenvalue weighted by Crippen LogP contribution is 2.34. The first-order chi connectivity index (χ1) is 15.9. The van der Waals surface area contributed by atoms with Crippen molar-refractivity contribution in [3.63, 3.8) is 0 Å². The predicted octanol–water partition coefficient (Wildman–Crippen LogP) is 6.61. The molecule has 1 heterocycles. The summed E-state index contributed by atoms with van der Waals surface area (Å²) in [6.07, 6.45) is 3.65. The standard InChI is InChI=1S/C28H29NO4/c1-4-31-25-13-10-22(11-14-25)20-32-27(30)29(19-21-8-6-5-7-9-21)24-12-15-26-23(18-24)16-17-28(2,3)33-26/h5-18H,4,19-20H2,1-3H3. The van der Waals surface area contributed by atoms with Gasteiger partial charge in [-0.2, -0.15) is 0 Å². The van der Waals surface area contributed by atoms with Gasteiger partial charge in [-0.05, 0) is 68.3 Å². The SMILES string of the molecule is CCOc1ccc(COC(=O)N(Cc2ccccc2)c2ccc3c(c2)C=CC(C)(C)O3)cc1. The molecule has 1 amide bonds. The fourth-order valence-corrected chi connectivity index (χ4v) is 3.63. The summed E-state index contributed by atoms with van der Waals surface area (Å²) in [5.74, 6) is 1.60. The van der Waals surface area contributed by atoms with Crippen LogP contribution in [0.3, 0.4) is 0 Å². The van der Waals surface area contributed by atoms with Gasteiger partial charge in [0, 0.05) is 11.3 Å². The van der Waals surface area contributed by atoms with E-state index in [1.165, 1.54) is 0 Å². The number of rotatable bonds is 7. The van der Waals surface area contributed by atoms with Crippen LogP contribution in [-0.4, -0.2) is 18.3 Å². The van der Waals surface area contributed by atoms with E-state index in [9.17, 15) is 4.79 Å². The molecule has 3 aromatic rings. The number of benzene rings is 3. The second kappa shape index (κ2) is 9.82. The van der Waals surface area contributed by atoms with E-state index in [0.29, 0.717) is 13.2 Å². The Kier molecular flexibility index (Phi) is 6.68. The molecule has 1 aliphatic rings. The fraction of sp³-hybridized carbons (Fsp3) is 0.250. The third-order valence-corrected chi connectivity index (χ3v) is 5.34. The molecule has 0 atom stereocenters. The van der Waals surface area contributed by atoms with Crippen molar-refractivity contribution in [3.8, 4) is 11.5 Å². The van der Waals surface area contributed by atoms with E-state index in [4.69, 9.17) is 14.2 Å². The van der Waals surface area contributed by atoms with E-state index in [1.54, 1.807) is 4.90 Å². The van der Waals surface area contributed by atoms with Crippen LogP contribution in [0.5, 0.6) is 11.5 Å². The number of carbonyl (C=O) groups is 1. The number of hydrogen-bond acceptors (Lipinski definition) is 4. The van der Waals surface area contributed by atoms with Crippen LogP contribution >= 0.6 is 0 Å². The minimum absolute atomic E-state index is 0.179. The molecule has 0 N–H and O–H groups in total. The Morgan fingerprint density at radius 3 is 2.45 bits per heavy atom. The molecule has 0 saturated heterocycles. The first-order valence-electron chi connectivity index (χ1n) is 11.2. The Hall–Kier alpha value is -3.73. The van der Waals surface area contributed by atoms with Crippen molar-refractivity contribution in [1.82, 2.24) is 0 Å². The molecule has 33 heavy (non-hydrogen) atoms. The average Bonchev–Trinajstić information content (AvgIpc) is 2.82. The molecule has 170 valence electrons. The van der Waals surface area contributed by atoms with Crippen molar-refractivity contribution in [2.45, 2.75) is 39.5 Å². The quantitative estimate of drug-likeness (QED) is 0.412. The molecule has 0 spiro atoms. The molecule has 5 nitrogen and oxygen atoms in total. The summed E-state index contributed by atoms with van der Waals surface area (Å²) < 4.78 is 17.2. The maximum absolute atomic E-state index is 13.2. The van der Waals surface area contributed by atoms with Crippen LogP contribution in [0.1, 0.15) is 37.5 Å². The first kappa shape index (κ1) is 22.5. The van der Waals surface area contributed by atoms with Crippen molar-refractivity contribution < 1.29 is 19.0 Å². The molecule has 0 bridgehead atoms. The van der Waals surface area contributed by atoms with Crippen LogP contribution in [0.25, 0.3) is 6.08 Å². The third kappa shape index (κ3) is 5.75. The van der Waals surface area contributed by atoms with Crippen LogP contribution in [0.15, 0.2) is 78.9 Å². The van der Waals surface area contributed by atoms with Gasteiger partial charge in [-0.25, -0.2) is 4.79 Å². The molecular formula is C28H29NO4. The smallest absolute Gasteiger partial charge is 0.414 e. The van der Waals surface area contributed by atoms with E-state index in [1.807, 2.05) is 106 Å². The summed E-state index contributed by atoms with van der Waals surface area (Å²) in [4.78, 5) is 14.8. The Balaban J connectivity index is 1.54. The lowest BCUT2D eigenvalue weighted by molar-refractivity contribution is 0.146. The van der Waals surface area contributed by atoms with Gasteiger partial charge in [0.2, 0.25) is 0 Å². The van der Waals surface area contributed by atoms with Gasteiger partial charge in [0.1, 0.15) is 23.7 Å². The molecule has 4 rings (SSSR count). The largest absolute Gasteiger partial charge is 0.494 e. The highest BCUT2D eigenvalue weighted by atomic mass is 16.6. The van der Waals surface area contributed by atoms with Crippen LogP contribution in [0, 0.1) is 0 Å². The topological polar surface area (TPSA) is 48.0 Å². The summed E-state index contributed by atoms with van der Waals surface area (Å²) in [5.41, 5.74) is 3.25. The molecule has 0 aromatic heterocycles. The van der Waals surface area contributed by atoms with Gasteiger partial charge in [0.05, 0.1) is 13.2 Å². The zero-order valence-corrected chi connectivity index (χ0v) is 19.3. The minimum Gasteiger partial charge on any atom is -0.494 e. The maximum Gasteiger partial charge on any atom is 0.414 e. The van der Waals surface area contributed by atoms with Crippen molar-refractivity contribution in [2.24, 2.45) is 0 Å². The van der Waals surface area contributed by atoms with Crippen LogP contribution in [-0.2, 0) is 17.9 Å². The second-order valence-corrected chi connectivity index (χ2v) is 8.46. The van der Waals surface area contributed by atoms with Crippen molar-refractivity contribution >= 4 is 17.9 Å². The van der Waals surface area contributed by atoms with Gasteiger partial charge in [-0.1, -0.05) is 48.5 Å². The molecule has 1 aliphatic heterocycles. The van der Waals surface area contributed by atoms with E-state index in [2.05, 4.69) is 0 Å². The van der Waals surface area contributed by atoms with E-state index in [-0.39, 0.29) is 12.2 Å². The predicted molar refractivity (Wildman–Crippen MR) is 131 cm³/mol. The summed E-state index contributed by atoms with van der Waals surface area (Å²) >= 11 is 0. The Morgan fingerprint density at radius 1 is 0.970 bits per heavy atom. The van der Waals surface area contributed by atoms with Gasteiger partial charge in [0.15, 0.2) is 0 Å². The Labute approximate surface area is 195 Å². The summed E-state index contributed by atoms with van der Waals surface area (Å²) in [7, 11) is 0. The number of fused-ring (bicyclic) bond motifs is 1. The van der Waals surface area contributed by atoms with Gasteiger partial charge >= 0.3 is 6.09 Å². The highest BCUT2D eigenvalue weighted by Gasteiger charge is 2.24. The van der Waals surface area contributed by atoms with Crippen LogP contribution < -0.4 is 14.4 Å². The lowest BCUT2D eigenvalue weighted by atomic mass is 10.0. The molecular weight excluding hydrogens is 414 g/mol. The zero-order valence-electron chi connectivity index (χ0n) is 19.3. The van der Waals surface area contributed by atoms with Gasteiger partial charge in [-0.3, -0.25) is 4.90 Å². The molecule has 0 unspecified atom stereocenters. The lowest BCUT2D eigenvalue weighted by Crippen LogP contribution is -2.31. The zero-order chi connectivity index (χ0) is 23.3. The highest BCUT2D eigenvalue weighted by molar-refractivity contribution is 5.88. The maximum atomic E-state index is 13.2. The number of carbonyl (C=O) groups excluding carboxylic acids is 1. The first-order valence-corrected chi connectivity index (χ1v) is 11.2. The van der Waals surface area contributed by atoms with Gasteiger partial charge < -0.3 is 14.2 Å². The molecule has 0 aliphatic carbocycles. The summed E-state index contributed by atoms with van der Waals surface area (Å²) in [5, 5.41) is 0. The third-order valence-electron chi connectivity index (χ3n) is 5.34. The molecule has 0 fully saturated rings. The second-order valence-electron chi connectivity index (χ2n) is 8.46. The minimum atomic E-state index is -0.409. The van der Waals surface area contributed by atoms with Gasteiger partial charge in [0.25, 0.3) is 0 Å². The Morgan fingerprint density at radius 2 is 1.73 bits per heavy atom. The van der Waals surface area contributed by atoms with E-state index in [0.717, 1.165) is 33.9 Å². The van der Waals surface area contributed by atoms with Crippen LogP contribution in [0.2, 0.25) is 0 Å². The average molecular weight is 444 g/mol. The van der Waals surface area contributed by atoms with Gasteiger partial charge in [-0.15, -0.1) is 0 Å². The van der Waals surface area contributed by atoms with Crippen molar-refractivity contribution in [2.75, 3.05) is 11.5 Å². The molecule has 0 radical (unpaired) electrons. The molecule has 0 saturated carbocycles. The number of hydrogen-bond donors (Lipinski definition) is 0. The van der Waals surface area contributed by atoms with Crippen molar-refractivity contribution in [1.29, 1.82) is 0 Å². The Bertz CT molecular complexity index is 1120. The van der Waals surface area contributed by atoms with E-state index < -0.39 is 6.09 Å². The summed E-state index contributed by atoms with van der Waals surface area (Å²) in [6, 6.07) is 23.2. The van der Waals surface area contributed by atoms with Crippen molar-refractivity contribution in [3.05, 3.63) is 95.6 Å². The van der Waals surface area contributed by atoms with Crippen LogP contribution in [0.4, 0.5) is 10.5 Å².